The Kier molecular flexibility index (Phi) is 2.02. The molecule has 2 aromatic heterocycles. The van der Waals surface area contributed by atoms with E-state index >= 15 is 0 Å². The number of hydrogen-bond donors (Lipinski definition) is 0. The van der Waals surface area contributed by atoms with Gasteiger partial charge >= 0.3 is 5.76 Å². The minimum Gasteiger partial charge on any atom is -0.387 e. The molecular formula is C8H8N2O2S. The average molecular weight is 196 g/mol. The van der Waals surface area contributed by atoms with Gasteiger partial charge in [0.15, 0.2) is 0 Å². The summed E-state index contributed by atoms with van der Waals surface area (Å²) in [6.07, 6.45) is 0. The van der Waals surface area contributed by atoms with Gasteiger partial charge in [-0.25, -0.2) is 4.79 Å². The fraction of sp³-hybridized carbons (Fsp3) is 0.250. The second kappa shape index (κ2) is 3.18. The second-order valence-electron chi connectivity index (χ2n) is 2.47. The number of aryl methyl sites for hydroxylation is 1. The number of hydrogen-bond acceptors (Lipinski definition) is 4. The zero-order valence-electron chi connectivity index (χ0n) is 7.06. The fourth-order valence-corrected chi connectivity index (χ4v) is 1.65. The summed E-state index contributed by atoms with van der Waals surface area (Å²) in [4.78, 5) is 12.0. The van der Waals surface area contributed by atoms with Crippen LogP contribution in [0.2, 0.25) is 0 Å². The quantitative estimate of drug-likeness (QED) is 0.732. The predicted octanol–water partition coefficient (Wildman–Crippen LogP) is 1.58. The van der Waals surface area contributed by atoms with Crippen molar-refractivity contribution in [3.8, 4) is 10.8 Å². The van der Waals surface area contributed by atoms with Gasteiger partial charge < -0.3 is 4.42 Å². The van der Waals surface area contributed by atoms with Crippen molar-refractivity contribution in [1.82, 2.24) is 9.78 Å². The maximum Gasteiger partial charge on any atom is 0.437 e. The molecule has 0 N–H and O–H groups in total. The molecule has 0 fully saturated rings. The Morgan fingerprint density at radius 1 is 1.69 bits per heavy atom. The van der Waals surface area contributed by atoms with Gasteiger partial charge in [0.1, 0.15) is 0 Å². The third-order valence-electron chi connectivity index (χ3n) is 1.64. The number of thiophene rings is 1. The summed E-state index contributed by atoms with van der Waals surface area (Å²) < 4.78 is 6.26. The Hall–Kier alpha value is -1.36. The third kappa shape index (κ3) is 1.42. The van der Waals surface area contributed by atoms with E-state index in [1.165, 1.54) is 16.0 Å². The van der Waals surface area contributed by atoms with Crippen molar-refractivity contribution in [1.29, 1.82) is 0 Å². The van der Waals surface area contributed by atoms with Crippen LogP contribution in [0.15, 0.2) is 26.7 Å². The van der Waals surface area contributed by atoms with E-state index in [4.69, 9.17) is 4.42 Å². The fourth-order valence-electron chi connectivity index (χ4n) is 1.01. The predicted molar refractivity (Wildman–Crippen MR) is 49.8 cm³/mol. The Morgan fingerprint density at radius 2 is 2.54 bits per heavy atom. The highest BCUT2D eigenvalue weighted by molar-refractivity contribution is 7.13. The third-order valence-corrected chi connectivity index (χ3v) is 2.50. The van der Waals surface area contributed by atoms with Gasteiger partial charge in [0, 0.05) is 6.54 Å². The van der Waals surface area contributed by atoms with E-state index in [1.807, 2.05) is 24.4 Å². The van der Waals surface area contributed by atoms with Crippen LogP contribution in [-0.2, 0) is 6.54 Å². The number of aromatic nitrogens is 2. The van der Waals surface area contributed by atoms with Crippen molar-refractivity contribution in [2.45, 2.75) is 13.5 Å². The highest BCUT2D eigenvalue weighted by atomic mass is 32.1. The first-order valence-electron chi connectivity index (χ1n) is 3.93. The van der Waals surface area contributed by atoms with Gasteiger partial charge in [-0.3, -0.25) is 0 Å². The van der Waals surface area contributed by atoms with Crippen LogP contribution in [0.4, 0.5) is 0 Å². The summed E-state index contributed by atoms with van der Waals surface area (Å²) in [7, 11) is 0. The van der Waals surface area contributed by atoms with Crippen molar-refractivity contribution in [3.05, 3.63) is 28.1 Å². The molecular weight excluding hydrogens is 188 g/mol. The van der Waals surface area contributed by atoms with Crippen LogP contribution in [0.25, 0.3) is 10.8 Å². The molecule has 0 radical (unpaired) electrons. The van der Waals surface area contributed by atoms with Crippen LogP contribution >= 0.6 is 11.3 Å². The Balaban J connectivity index is 2.49. The van der Waals surface area contributed by atoms with Crippen LogP contribution in [0.5, 0.6) is 0 Å². The van der Waals surface area contributed by atoms with Gasteiger partial charge in [0.05, 0.1) is 4.88 Å². The normalized spacial score (nSPS) is 10.5. The van der Waals surface area contributed by atoms with Gasteiger partial charge in [-0.05, 0) is 18.4 Å². The topological polar surface area (TPSA) is 48.0 Å². The van der Waals surface area contributed by atoms with E-state index in [9.17, 15) is 4.79 Å². The molecule has 2 heterocycles. The molecule has 0 aliphatic carbocycles. The molecule has 0 aliphatic heterocycles. The maximum atomic E-state index is 11.1. The molecule has 0 aromatic carbocycles. The lowest BCUT2D eigenvalue weighted by Gasteiger charge is -1.86. The van der Waals surface area contributed by atoms with E-state index in [2.05, 4.69) is 5.10 Å². The first kappa shape index (κ1) is 8.25. The van der Waals surface area contributed by atoms with Crippen molar-refractivity contribution < 1.29 is 4.42 Å². The first-order valence-corrected chi connectivity index (χ1v) is 4.81. The van der Waals surface area contributed by atoms with E-state index in [1.54, 1.807) is 0 Å². The van der Waals surface area contributed by atoms with Gasteiger partial charge in [-0.15, -0.1) is 16.4 Å². The molecule has 0 atom stereocenters. The van der Waals surface area contributed by atoms with Crippen LogP contribution in [-0.4, -0.2) is 9.78 Å². The van der Waals surface area contributed by atoms with Crippen molar-refractivity contribution in [2.24, 2.45) is 0 Å². The molecule has 0 amide bonds. The number of nitrogens with zero attached hydrogens (tertiary/aromatic N) is 2. The summed E-state index contributed by atoms with van der Waals surface area (Å²) in [6, 6.07) is 3.76. The van der Waals surface area contributed by atoms with Crippen LogP contribution in [0, 0.1) is 0 Å². The lowest BCUT2D eigenvalue weighted by molar-refractivity contribution is 0.491. The van der Waals surface area contributed by atoms with Gasteiger partial charge in [0.25, 0.3) is 5.89 Å². The zero-order valence-corrected chi connectivity index (χ0v) is 7.87. The molecule has 0 bridgehead atoms. The molecule has 68 valence electrons. The Bertz CT molecular complexity index is 441. The summed E-state index contributed by atoms with van der Waals surface area (Å²) in [5.74, 6) is 0.00718. The molecule has 2 rings (SSSR count). The lowest BCUT2D eigenvalue weighted by atomic mass is 10.5. The van der Waals surface area contributed by atoms with E-state index in [-0.39, 0.29) is 0 Å². The molecule has 13 heavy (non-hydrogen) atoms. The van der Waals surface area contributed by atoms with Crippen molar-refractivity contribution >= 4 is 11.3 Å². The molecule has 4 nitrogen and oxygen atoms in total. The maximum absolute atomic E-state index is 11.1. The molecule has 0 saturated heterocycles. The minimum absolute atomic E-state index is 0.397. The standard InChI is InChI=1S/C8H8N2O2S/c1-2-10-8(11)12-7(9-10)6-4-3-5-13-6/h3-5H,2H2,1H3. The summed E-state index contributed by atoms with van der Waals surface area (Å²) in [6.45, 7) is 2.38. The highest BCUT2D eigenvalue weighted by Gasteiger charge is 2.08. The Morgan fingerprint density at radius 3 is 3.08 bits per heavy atom. The minimum atomic E-state index is -0.397. The van der Waals surface area contributed by atoms with Gasteiger partial charge in [0.2, 0.25) is 0 Å². The molecule has 2 aromatic rings. The van der Waals surface area contributed by atoms with Gasteiger partial charge in [-0.2, -0.15) is 4.68 Å². The average Bonchev–Trinajstić information content (AvgIpc) is 2.71. The summed E-state index contributed by atoms with van der Waals surface area (Å²) >= 11 is 1.50. The molecule has 0 spiro atoms. The monoisotopic (exact) mass is 196 g/mol. The molecule has 0 aliphatic rings. The Labute approximate surface area is 78.4 Å². The SMILES string of the molecule is CCn1nc(-c2cccs2)oc1=O. The van der Waals surface area contributed by atoms with Crippen molar-refractivity contribution in [2.75, 3.05) is 0 Å². The molecule has 0 saturated carbocycles. The van der Waals surface area contributed by atoms with E-state index in [0.29, 0.717) is 12.4 Å². The van der Waals surface area contributed by atoms with Crippen LogP contribution < -0.4 is 5.76 Å². The molecule has 0 unspecified atom stereocenters. The first-order chi connectivity index (χ1) is 6.31. The number of rotatable bonds is 2. The lowest BCUT2D eigenvalue weighted by Crippen LogP contribution is -2.13. The van der Waals surface area contributed by atoms with E-state index in [0.717, 1.165) is 4.88 Å². The largest absolute Gasteiger partial charge is 0.437 e. The van der Waals surface area contributed by atoms with Crippen molar-refractivity contribution in [3.63, 3.8) is 0 Å². The highest BCUT2D eigenvalue weighted by Crippen LogP contribution is 2.20. The van der Waals surface area contributed by atoms with E-state index < -0.39 is 5.76 Å². The second-order valence-corrected chi connectivity index (χ2v) is 3.41. The van der Waals surface area contributed by atoms with Crippen LogP contribution in [0.1, 0.15) is 6.92 Å². The van der Waals surface area contributed by atoms with Gasteiger partial charge in [-0.1, -0.05) is 6.07 Å². The molecule has 5 heteroatoms. The smallest absolute Gasteiger partial charge is 0.387 e. The zero-order chi connectivity index (χ0) is 9.26. The summed E-state index contributed by atoms with van der Waals surface area (Å²) in [5, 5.41) is 5.94. The summed E-state index contributed by atoms with van der Waals surface area (Å²) in [5.41, 5.74) is 0. The van der Waals surface area contributed by atoms with Crippen LogP contribution in [0.3, 0.4) is 0 Å².